The molecule has 0 spiro atoms. The summed E-state index contributed by atoms with van der Waals surface area (Å²) in [7, 11) is 0. The molecule has 0 radical (unpaired) electrons. The van der Waals surface area contributed by atoms with Gasteiger partial charge in [0, 0.05) is 16.4 Å². The minimum Gasteiger partial charge on any atom is -0.373 e. The Labute approximate surface area is 238 Å². The summed E-state index contributed by atoms with van der Waals surface area (Å²) < 4.78 is 3.30. The predicted molar refractivity (Wildman–Crippen MR) is 163 cm³/mol. The van der Waals surface area contributed by atoms with Gasteiger partial charge in [-0.3, -0.25) is 0 Å². The van der Waals surface area contributed by atoms with Gasteiger partial charge < -0.3 is 9.88 Å². The van der Waals surface area contributed by atoms with Gasteiger partial charge in [0.05, 0.1) is 18.1 Å². The molecule has 0 saturated heterocycles. The highest BCUT2D eigenvalue weighted by atomic mass is 79.9. The van der Waals surface area contributed by atoms with E-state index < -0.39 is 5.54 Å². The third-order valence-corrected chi connectivity index (χ3v) is 7.88. The highest BCUT2D eigenvalue weighted by Crippen LogP contribution is 2.41. The van der Waals surface area contributed by atoms with Gasteiger partial charge in [-0.15, -0.1) is 0 Å². The highest BCUT2D eigenvalue weighted by molar-refractivity contribution is 9.10. The van der Waals surface area contributed by atoms with Gasteiger partial charge in [-0.1, -0.05) is 143 Å². The largest absolute Gasteiger partial charge is 0.373 e. The number of benzene rings is 5. The van der Waals surface area contributed by atoms with E-state index in [0.717, 1.165) is 21.4 Å². The van der Waals surface area contributed by atoms with Crippen molar-refractivity contribution in [3.8, 4) is 0 Å². The zero-order valence-corrected chi connectivity index (χ0v) is 22.9. The fourth-order valence-electron chi connectivity index (χ4n) is 5.38. The summed E-state index contributed by atoms with van der Waals surface area (Å²) in [5.41, 5.74) is 5.97. The van der Waals surface area contributed by atoms with Gasteiger partial charge >= 0.3 is 0 Å². The van der Waals surface area contributed by atoms with Crippen LogP contribution in [0.1, 0.15) is 34.0 Å². The lowest BCUT2D eigenvalue weighted by molar-refractivity contribution is 0.514. The molecule has 1 atom stereocenters. The molecule has 39 heavy (non-hydrogen) atoms. The molecule has 190 valence electrons. The molecule has 0 fully saturated rings. The fraction of sp³-hybridized carbons (Fsp3) is 0.0571. The van der Waals surface area contributed by atoms with Gasteiger partial charge in [0.1, 0.15) is 5.54 Å². The minimum absolute atomic E-state index is 0.163. The van der Waals surface area contributed by atoms with E-state index >= 15 is 0 Å². The van der Waals surface area contributed by atoms with Crippen LogP contribution in [0.3, 0.4) is 0 Å². The number of nitrogens with zero attached hydrogens (tertiary/aromatic N) is 2. The van der Waals surface area contributed by atoms with E-state index in [4.69, 9.17) is 4.98 Å². The van der Waals surface area contributed by atoms with Crippen LogP contribution in [0.15, 0.2) is 163 Å². The van der Waals surface area contributed by atoms with Crippen LogP contribution in [0.25, 0.3) is 0 Å². The van der Waals surface area contributed by atoms with E-state index in [1.807, 2.05) is 30.6 Å². The van der Waals surface area contributed by atoms with Gasteiger partial charge in [0.2, 0.25) is 0 Å². The highest BCUT2D eigenvalue weighted by Gasteiger charge is 2.38. The van der Waals surface area contributed by atoms with Crippen LogP contribution in [-0.4, -0.2) is 9.55 Å². The number of rotatable bonds is 8. The van der Waals surface area contributed by atoms with Crippen molar-refractivity contribution in [2.24, 2.45) is 0 Å². The summed E-state index contributed by atoms with van der Waals surface area (Å²) in [6.45, 7) is 0. The van der Waals surface area contributed by atoms with E-state index in [1.54, 1.807) is 0 Å². The summed E-state index contributed by atoms with van der Waals surface area (Å²) in [5, 5.41) is 3.73. The molecule has 6 rings (SSSR count). The molecule has 0 aliphatic carbocycles. The number of imidazole rings is 1. The molecule has 0 bridgehead atoms. The third kappa shape index (κ3) is 4.80. The molecule has 4 heteroatoms. The van der Waals surface area contributed by atoms with Gasteiger partial charge in [-0.25, -0.2) is 4.98 Å². The first kappa shape index (κ1) is 24.9. The van der Waals surface area contributed by atoms with Crippen LogP contribution < -0.4 is 5.32 Å². The van der Waals surface area contributed by atoms with Gasteiger partial charge in [-0.05, 0) is 40.5 Å². The first-order valence-electron chi connectivity index (χ1n) is 13.0. The summed E-state index contributed by atoms with van der Waals surface area (Å²) >= 11 is 3.79. The van der Waals surface area contributed by atoms with E-state index in [0.29, 0.717) is 0 Å². The maximum absolute atomic E-state index is 5.05. The maximum Gasteiger partial charge on any atom is 0.121 e. The van der Waals surface area contributed by atoms with Crippen LogP contribution in [-0.2, 0) is 5.54 Å². The summed E-state index contributed by atoms with van der Waals surface area (Å²) in [6, 6.07) is 50.5. The average Bonchev–Trinajstić information content (AvgIpc) is 3.49. The van der Waals surface area contributed by atoms with Crippen molar-refractivity contribution < 1.29 is 0 Å². The van der Waals surface area contributed by atoms with E-state index in [9.17, 15) is 0 Å². The van der Waals surface area contributed by atoms with Crippen molar-refractivity contribution in [2.75, 3.05) is 5.32 Å². The second-order valence-corrected chi connectivity index (χ2v) is 10.3. The molecule has 1 N–H and O–H groups in total. The second kappa shape index (κ2) is 11.1. The molecule has 1 heterocycles. The maximum atomic E-state index is 5.05. The topological polar surface area (TPSA) is 29.9 Å². The lowest BCUT2D eigenvalue weighted by Crippen LogP contribution is -2.37. The van der Waals surface area contributed by atoms with Crippen molar-refractivity contribution in [3.05, 3.63) is 191 Å². The molecule has 1 unspecified atom stereocenters. The second-order valence-electron chi connectivity index (χ2n) is 9.48. The molecule has 3 nitrogen and oxygen atoms in total. The molecule has 0 aliphatic rings. The average molecular weight is 571 g/mol. The number of hydrogen-bond acceptors (Lipinski definition) is 2. The quantitative estimate of drug-likeness (QED) is 0.186. The first-order valence-corrected chi connectivity index (χ1v) is 13.8. The number of para-hydroxylation sites is 1. The molecule has 6 aromatic rings. The Morgan fingerprint density at radius 2 is 1.05 bits per heavy atom. The van der Waals surface area contributed by atoms with E-state index in [-0.39, 0.29) is 6.04 Å². The summed E-state index contributed by atoms with van der Waals surface area (Å²) in [5.74, 6) is 0. The van der Waals surface area contributed by atoms with Crippen molar-refractivity contribution in [2.45, 2.75) is 11.6 Å². The Morgan fingerprint density at radius 3 is 1.56 bits per heavy atom. The number of hydrogen-bond donors (Lipinski definition) is 1. The molecule has 1 aromatic heterocycles. The third-order valence-electron chi connectivity index (χ3n) is 7.16. The standard InChI is InChI=1S/C35H28BrN3/c36-32-24-14-13-23-31(32)34(38-30-21-11-4-12-22-30)33-25-39(26-37-33)35(27-15-5-1-6-16-27,28-17-7-2-8-18-28)29-19-9-3-10-20-29/h1-26,34,38H. The zero-order valence-electron chi connectivity index (χ0n) is 21.4. The number of anilines is 1. The van der Waals surface area contributed by atoms with Crippen molar-refractivity contribution in [1.82, 2.24) is 9.55 Å². The van der Waals surface area contributed by atoms with Crippen molar-refractivity contribution >= 4 is 21.6 Å². The van der Waals surface area contributed by atoms with Crippen molar-refractivity contribution in [1.29, 1.82) is 0 Å². The van der Waals surface area contributed by atoms with Crippen LogP contribution >= 0.6 is 15.9 Å². The molecule has 0 amide bonds. The zero-order chi connectivity index (χ0) is 26.5. The Hall–Kier alpha value is -4.41. The van der Waals surface area contributed by atoms with Crippen LogP contribution in [0.2, 0.25) is 0 Å². The Balaban J connectivity index is 1.57. The summed E-state index contributed by atoms with van der Waals surface area (Å²) in [4.78, 5) is 5.05. The van der Waals surface area contributed by atoms with Crippen LogP contribution in [0, 0.1) is 0 Å². The number of aromatic nitrogens is 2. The fourth-order valence-corrected chi connectivity index (χ4v) is 5.89. The van der Waals surface area contributed by atoms with Crippen LogP contribution in [0.5, 0.6) is 0 Å². The van der Waals surface area contributed by atoms with E-state index in [1.165, 1.54) is 16.7 Å². The predicted octanol–water partition coefficient (Wildman–Crippen LogP) is 8.69. The van der Waals surface area contributed by atoms with Gasteiger partial charge in [-0.2, -0.15) is 0 Å². The first-order chi connectivity index (χ1) is 19.3. The molecule has 0 aliphatic heterocycles. The van der Waals surface area contributed by atoms with Gasteiger partial charge in [0.15, 0.2) is 0 Å². The molecule has 5 aromatic carbocycles. The van der Waals surface area contributed by atoms with Crippen LogP contribution in [0.4, 0.5) is 5.69 Å². The summed E-state index contributed by atoms with van der Waals surface area (Å²) in [6.07, 6.45) is 4.16. The Bertz CT molecular complexity index is 1530. The molecular weight excluding hydrogens is 542 g/mol. The van der Waals surface area contributed by atoms with Crippen molar-refractivity contribution in [3.63, 3.8) is 0 Å². The van der Waals surface area contributed by atoms with E-state index in [2.05, 4.69) is 153 Å². The SMILES string of the molecule is Brc1ccccc1C(Nc1ccccc1)c1cn(C(c2ccccc2)(c2ccccc2)c2ccccc2)cn1. The Kier molecular flexibility index (Phi) is 7.11. The molecular formula is C35H28BrN3. The smallest absolute Gasteiger partial charge is 0.121 e. The molecule has 0 saturated carbocycles. The lowest BCUT2D eigenvalue weighted by Gasteiger charge is -2.37. The lowest BCUT2D eigenvalue weighted by atomic mass is 9.76. The Morgan fingerprint density at radius 1 is 0.590 bits per heavy atom. The normalized spacial score (nSPS) is 12.1. The minimum atomic E-state index is -0.611. The monoisotopic (exact) mass is 569 g/mol. The number of nitrogens with one attached hydrogen (secondary N) is 1. The van der Waals surface area contributed by atoms with Gasteiger partial charge in [0.25, 0.3) is 0 Å². The number of halogens is 1.